The third-order valence-electron chi connectivity index (χ3n) is 5.94. The highest BCUT2D eigenvalue weighted by Crippen LogP contribution is 2.32. The summed E-state index contributed by atoms with van der Waals surface area (Å²) in [6, 6.07) is 11.6. The number of carbonyl (C=O) groups is 2. The molecule has 7 heteroatoms. The molecule has 0 bridgehead atoms. The molecule has 0 atom stereocenters. The van der Waals surface area contributed by atoms with Crippen LogP contribution in [0.15, 0.2) is 35.9 Å². The lowest BCUT2D eigenvalue weighted by Crippen LogP contribution is -2.29. The monoisotopic (exact) mass is 448 g/mol. The van der Waals surface area contributed by atoms with E-state index in [4.69, 9.17) is 4.74 Å². The topological polar surface area (TPSA) is 96.2 Å². The Morgan fingerprint density at radius 2 is 1.97 bits per heavy atom. The third-order valence-corrected chi connectivity index (χ3v) is 5.94. The van der Waals surface area contributed by atoms with Gasteiger partial charge in [0.15, 0.2) is 0 Å². The van der Waals surface area contributed by atoms with Gasteiger partial charge in [0.05, 0.1) is 6.54 Å². The number of amides is 2. The Labute approximate surface area is 195 Å². The number of anilines is 1. The van der Waals surface area contributed by atoms with Crippen LogP contribution in [0.5, 0.6) is 5.75 Å². The normalized spacial score (nSPS) is 14.4. The van der Waals surface area contributed by atoms with Gasteiger partial charge >= 0.3 is 0 Å². The average molecular weight is 449 g/mol. The number of aryl methyl sites for hydroxylation is 1. The minimum atomic E-state index is -0.421. The van der Waals surface area contributed by atoms with E-state index >= 15 is 0 Å². The highest BCUT2D eigenvalue weighted by atomic mass is 16.5. The summed E-state index contributed by atoms with van der Waals surface area (Å²) in [6.07, 6.45) is 7.83. The molecule has 1 aromatic carbocycles. The Hall–Kier alpha value is -3.53. The molecule has 1 aliphatic rings. The smallest absolute Gasteiger partial charge is 0.262 e. The number of rotatable bonds is 8. The lowest BCUT2D eigenvalue weighted by Gasteiger charge is -2.26. The van der Waals surface area contributed by atoms with E-state index in [9.17, 15) is 14.9 Å². The first-order valence-electron chi connectivity index (χ1n) is 11.5. The zero-order valence-electron chi connectivity index (χ0n) is 19.6. The first-order valence-corrected chi connectivity index (χ1v) is 11.5. The fourth-order valence-electron chi connectivity index (χ4n) is 4.45. The molecule has 0 unspecified atom stereocenters. The molecule has 1 heterocycles. The second kappa shape index (κ2) is 11.4. The molecule has 2 amide bonds. The maximum absolute atomic E-state index is 12.6. The second-order valence-electron chi connectivity index (χ2n) is 8.47. The van der Waals surface area contributed by atoms with Gasteiger partial charge in [0.2, 0.25) is 5.91 Å². The van der Waals surface area contributed by atoms with Gasteiger partial charge in [0, 0.05) is 36.1 Å². The fourth-order valence-corrected chi connectivity index (χ4v) is 4.45. The van der Waals surface area contributed by atoms with Crippen LogP contribution in [0.1, 0.15) is 62.0 Å². The van der Waals surface area contributed by atoms with Gasteiger partial charge in [-0.2, -0.15) is 5.26 Å². The summed E-state index contributed by atoms with van der Waals surface area (Å²) in [4.78, 5) is 23.7. The summed E-state index contributed by atoms with van der Waals surface area (Å²) < 4.78 is 8.01. The predicted octanol–water partition coefficient (Wildman–Crippen LogP) is 4.67. The maximum Gasteiger partial charge on any atom is 0.262 e. The minimum absolute atomic E-state index is 0.0755. The molecule has 1 saturated carbocycles. The predicted molar refractivity (Wildman–Crippen MR) is 129 cm³/mol. The number of carbonyl (C=O) groups excluding carboxylic acids is 2. The molecule has 0 spiro atoms. The van der Waals surface area contributed by atoms with Gasteiger partial charge in [-0.1, -0.05) is 25.3 Å². The standard InChI is InChI=1S/C26H32N4O3/c1-18-14-21(19(2)30(18)24-9-5-4-6-10-24)15-22(17-27)26(32)28-12-13-33-25-11-7-8-23(16-25)29-20(3)31/h7-8,11,14-16,24H,4-6,9-10,12-13H2,1-3H3,(H,28,32)(H,29,31)/b22-15+. The molecule has 3 rings (SSSR count). The number of benzene rings is 1. The van der Waals surface area contributed by atoms with Crippen molar-refractivity contribution in [3.05, 3.63) is 52.9 Å². The molecule has 0 saturated heterocycles. The number of ether oxygens (including phenoxy) is 1. The molecule has 0 aliphatic heterocycles. The lowest BCUT2D eigenvalue weighted by molar-refractivity contribution is -0.117. The van der Waals surface area contributed by atoms with E-state index in [1.165, 1.54) is 44.7 Å². The number of nitrogens with one attached hydrogen (secondary N) is 2. The van der Waals surface area contributed by atoms with Crippen LogP contribution in [0.3, 0.4) is 0 Å². The summed E-state index contributed by atoms with van der Waals surface area (Å²) in [5.41, 5.74) is 3.90. The SMILES string of the molecule is CC(=O)Nc1cccc(OCCNC(=O)/C(C#N)=C/c2cc(C)n(C3CCCCC3)c2C)c1. The fraction of sp³-hybridized carbons (Fsp3) is 0.423. The molecule has 1 aromatic heterocycles. The molecule has 2 aromatic rings. The Balaban J connectivity index is 1.58. The molecule has 174 valence electrons. The van der Waals surface area contributed by atoms with Crippen LogP contribution in [-0.4, -0.2) is 29.5 Å². The van der Waals surface area contributed by atoms with Crippen molar-refractivity contribution >= 4 is 23.6 Å². The molecule has 2 N–H and O–H groups in total. The third kappa shape index (κ3) is 6.48. The van der Waals surface area contributed by atoms with Crippen molar-refractivity contribution in [1.29, 1.82) is 5.26 Å². The molecule has 1 aliphatic carbocycles. The van der Waals surface area contributed by atoms with Gasteiger partial charge in [-0.15, -0.1) is 0 Å². The van der Waals surface area contributed by atoms with Gasteiger partial charge < -0.3 is 19.9 Å². The van der Waals surface area contributed by atoms with Gasteiger partial charge in [-0.3, -0.25) is 9.59 Å². The van der Waals surface area contributed by atoms with Gasteiger partial charge in [-0.25, -0.2) is 0 Å². The van der Waals surface area contributed by atoms with E-state index in [1.807, 2.05) is 6.07 Å². The summed E-state index contributed by atoms with van der Waals surface area (Å²) in [7, 11) is 0. The van der Waals surface area contributed by atoms with Crippen LogP contribution in [0.25, 0.3) is 6.08 Å². The van der Waals surface area contributed by atoms with Crippen LogP contribution < -0.4 is 15.4 Å². The Kier molecular flexibility index (Phi) is 8.31. The van der Waals surface area contributed by atoms with Gasteiger partial charge in [0.1, 0.15) is 24.0 Å². The van der Waals surface area contributed by atoms with Crippen molar-refractivity contribution in [1.82, 2.24) is 9.88 Å². The summed E-state index contributed by atoms with van der Waals surface area (Å²) in [6.45, 7) is 6.08. The highest BCUT2D eigenvalue weighted by molar-refractivity contribution is 6.01. The van der Waals surface area contributed by atoms with Crippen molar-refractivity contribution in [2.24, 2.45) is 0 Å². The van der Waals surface area contributed by atoms with E-state index in [2.05, 4.69) is 35.1 Å². The van der Waals surface area contributed by atoms with Crippen LogP contribution in [0.4, 0.5) is 5.69 Å². The number of hydrogen-bond donors (Lipinski definition) is 2. The minimum Gasteiger partial charge on any atom is -0.492 e. The van der Waals surface area contributed by atoms with E-state index < -0.39 is 5.91 Å². The largest absolute Gasteiger partial charge is 0.492 e. The summed E-state index contributed by atoms with van der Waals surface area (Å²) >= 11 is 0. The first-order chi connectivity index (χ1) is 15.9. The van der Waals surface area contributed by atoms with Gasteiger partial charge in [-0.05, 0) is 56.5 Å². The van der Waals surface area contributed by atoms with Crippen LogP contribution in [0.2, 0.25) is 0 Å². The number of nitriles is 1. The maximum atomic E-state index is 12.6. The number of aromatic nitrogens is 1. The number of hydrogen-bond acceptors (Lipinski definition) is 4. The van der Waals surface area contributed by atoms with Crippen LogP contribution >= 0.6 is 0 Å². The van der Waals surface area contributed by atoms with Crippen molar-refractivity contribution in [2.45, 2.75) is 58.9 Å². The van der Waals surface area contributed by atoms with Crippen LogP contribution in [-0.2, 0) is 9.59 Å². The highest BCUT2D eigenvalue weighted by Gasteiger charge is 2.20. The Morgan fingerprint density at radius 3 is 2.67 bits per heavy atom. The van der Waals surface area contributed by atoms with E-state index in [-0.39, 0.29) is 24.6 Å². The summed E-state index contributed by atoms with van der Waals surface area (Å²) in [5.74, 6) is 0.00650. The molecule has 1 fully saturated rings. The van der Waals surface area contributed by atoms with Gasteiger partial charge in [0.25, 0.3) is 5.91 Å². The Bertz CT molecular complexity index is 1070. The quantitative estimate of drug-likeness (QED) is 0.348. The lowest BCUT2D eigenvalue weighted by atomic mass is 9.95. The molecule has 7 nitrogen and oxygen atoms in total. The molecular formula is C26H32N4O3. The first kappa shape index (κ1) is 24.1. The average Bonchev–Trinajstić information content (AvgIpc) is 3.08. The van der Waals surface area contributed by atoms with E-state index in [0.717, 1.165) is 11.3 Å². The van der Waals surface area contributed by atoms with Crippen LogP contribution in [0, 0.1) is 25.2 Å². The Morgan fingerprint density at radius 1 is 1.21 bits per heavy atom. The molecule has 0 radical (unpaired) electrons. The summed E-state index contributed by atoms with van der Waals surface area (Å²) in [5, 5.41) is 15.0. The van der Waals surface area contributed by atoms with E-state index in [0.29, 0.717) is 17.5 Å². The molecule has 33 heavy (non-hydrogen) atoms. The van der Waals surface area contributed by atoms with Crippen molar-refractivity contribution < 1.29 is 14.3 Å². The van der Waals surface area contributed by atoms with Crippen molar-refractivity contribution in [3.63, 3.8) is 0 Å². The zero-order chi connectivity index (χ0) is 23.8. The van der Waals surface area contributed by atoms with Crippen molar-refractivity contribution in [3.8, 4) is 11.8 Å². The van der Waals surface area contributed by atoms with E-state index in [1.54, 1.807) is 30.3 Å². The molecular weight excluding hydrogens is 416 g/mol. The number of nitrogens with zero attached hydrogens (tertiary/aromatic N) is 2. The zero-order valence-corrected chi connectivity index (χ0v) is 19.6. The second-order valence-corrected chi connectivity index (χ2v) is 8.47. The van der Waals surface area contributed by atoms with Crippen molar-refractivity contribution in [2.75, 3.05) is 18.5 Å².